The maximum Gasteiger partial charge on any atom is 0.322 e. The fourth-order valence-electron chi connectivity index (χ4n) is 4.52. The SMILES string of the molecule is O=C1Nc2ccc(F)cc2CN1CC(=O)N1C[C@@H]2C[C@H]1C=C2c1ccc(F)cc1. The molecule has 0 spiro atoms. The van der Waals surface area contributed by atoms with Crippen molar-refractivity contribution in [2.24, 2.45) is 5.92 Å². The van der Waals surface area contributed by atoms with Gasteiger partial charge in [0.1, 0.15) is 18.2 Å². The summed E-state index contributed by atoms with van der Waals surface area (Å²) in [6.07, 6.45) is 2.92. The van der Waals surface area contributed by atoms with Crippen LogP contribution in [0.5, 0.6) is 0 Å². The Morgan fingerprint density at radius 1 is 1.10 bits per heavy atom. The fourth-order valence-corrected chi connectivity index (χ4v) is 4.52. The van der Waals surface area contributed by atoms with Crippen LogP contribution in [0.4, 0.5) is 19.3 Å². The summed E-state index contributed by atoms with van der Waals surface area (Å²) in [6.45, 7) is 0.737. The van der Waals surface area contributed by atoms with Crippen LogP contribution >= 0.6 is 0 Å². The zero-order valence-corrected chi connectivity index (χ0v) is 15.6. The summed E-state index contributed by atoms with van der Waals surface area (Å²) in [5.74, 6) is -0.543. The Morgan fingerprint density at radius 2 is 1.86 bits per heavy atom. The molecule has 2 heterocycles. The highest BCUT2D eigenvalue weighted by Gasteiger charge is 2.42. The van der Waals surface area contributed by atoms with Gasteiger partial charge in [-0.1, -0.05) is 18.2 Å². The van der Waals surface area contributed by atoms with Gasteiger partial charge >= 0.3 is 6.03 Å². The Hall–Kier alpha value is -3.22. The normalized spacial score (nSPS) is 22.4. The lowest BCUT2D eigenvalue weighted by molar-refractivity contribution is -0.132. The smallest absolute Gasteiger partial charge is 0.322 e. The van der Waals surface area contributed by atoms with E-state index in [1.165, 1.54) is 35.2 Å². The minimum absolute atomic E-state index is 0.00913. The summed E-state index contributed by atoms with van der Waals surface area (Å²) >= 11 is 0. The van der Waals surface area contributed by atoms with Gasteiger partial charge in [0.2, 0.25) is 5.91 Å². The van der Waals surface area contributed by atoms with E-state index >= 15 is 0 Å². The predicted molar refractivity (Wildman–Crippen MR) is 104 cm³/mol. The van der Waals surface area contributed by atoms with E-state index in [9.17, 15) is 18.4 Å². The van der Waals surface area contributed by atoms with Crippen molar-refractivity contribution in [2.75, 3.05) is 18.4 Å². The number of likely N-dealkylation sites (tertiary alicyclic amines) is 1. The molecule has 3 amide bonds. The summed E-state index contributed by atoms with van der Waals surface area (Å²) in [7, 11) is 0. The van der Waals surface area contributed by atoms with Crippen molar-refractivity contribution < 1.29 is 18.4 Å². The van der Waals surface area contributed by atoms with Gasteiger partial charge < -0.3 is 15.1 Å². The first-order valence-electron chi connectivity index (χ1n) is 9.59. The molecule has 5 nitrogen and oxygen atoms in total. The number of hydrogen-bond acceptors (Lipinski definition) is 2. The van der Waals surface area contributed by atoms with Crippen molar-refractivity contribution in [1.82, 2.24) is 9.80 Å². The van der Waals surface area contributed by atoms with E-state index in [0.29, 0.717) is 17.8 Å². The second-order valence-electron chi connectivity index (χ2n) is 7.76. The Balaban J connectivity index is 1.28. The zero-order chi connectivity index (χ0) is 20.1. The zero-order valence-electron chi connectivity index (χ0n) is 15.6. The van der Waals surface area contributed by atoms with E-state index in [4.69, 9.17) is 0 Å². The summed E-state index contributed by atoms with van der Waals surface area (Å²) in [6, 6.07) is 10.3. The molecule has 2 aromatic rings. The summed E-state index contributed by atoms with van der Waals surface area (Å²) < 4.78 is 26.7. The largest absolute Gasteiger partial charge is 0.334 e. The number of fused-ring (bicyclic) bond motifs is 3. The first-order valence-corrected chi connectivity index (χ1v) is 9.59. The van der Waals surface area contributed by atoms with Crippen LogP contribution in [0, 0.1) is 17.6 Å². The average molecular weight is 395 g/mol. The minimum Gasteiger partial charge on any atom is -0.334 e. The molecule has 3 aliphatic rings. The Labute approximate surface area is 166 Å². The van der Waals surface area contributed by atoms with Gasteiger partial charge in [-0.05, 0) is 53.5 Å². The molecule has 2 aliphatic heterocycles. The first kappa shape index (κ1) is 17.8. The lowest BCUT2D eigenvalue weighted by Gasteiger charge is -2.32. The van der Waals surface area contributed by atoms with E-state index in [-0.39, 0.29) is 48.6 Å². The monoisotopic (exact) mass is 395 g/mol. The molecule has 1 aliphatic carbocycles. The molecular weight excluding hydrogens is 376 g/mol. The predicted octanol–water partition coefficient (Wildman–Crippen LogP) is 3.63. The summed E-state index contributed by atoms with van der Waals surface area (Å²) in [4.78, 5) is 28.4. The van der Waals surface area contributed by atoms with Gasteiger partial charge in [-0.3, -0.25) is 4.79 Å². The van der Waals surface area contributed by atoms with Gasteiger partial charge in [0.15, 0.2) is 0 Å². The van der Waals surface area contributed by atoms with E-state index in [2.05, 4.69) is 11.4 Å². The van der Waals surface area contributed by atoms with Crippen LogP contribution < -0.4 is 5.32 Å². The number of urea groups is 1. The number of nitrogens with zero attached hydrogens (tertiary/aromatic N) is 2. The van der Waals surface area contributed by atoms with Crippen LogP contribution in [0.15, 0.2) is 48.5 Å². The van der Waals surface area contributed by atoms with E-state index in [1.54, 1.807) is 17.0 Å². The molecule has 0 unspecified atom stereocenters. The molecule has 2 aromatic carbocycles. The fraction of sp³-hybridized carbons (Fsp3) is 0.273. The quantitative estimate of drug-likeness (QED) is 0.863. The number of nitrogens with one attached hydrogen (secondary N) is 1. The van der Waals surface area contributed by atoms with Crippen molar-refractivity contribution in [3.05, 3.63) is 71.3 Å². The standard InChI is InChI=1S/C22H19F2N3O2/c23-16-3-1-13(2-4-16)19-9-18-8-14(19)11-27(18)21(28)12-26-10-15-7-17(24)5-6-20(15)25-22(26)29/h1-7,9,14,18H,8,10-12H2,(H,25,29)/t14-,18-/m0/s1. The van der Waals surface area contributed by atoms with Crippen LogP contribution in [-0.4, -0.2) is 40.9 Å². The Kier molecular flexibility index (Phi) is 4.12. The third kappa shape index (κ3) is 3.16. The lowest BCUT2D eigenvalue weighted by Crippen LogP contribution is -2.47. The molecule has 2 atom stereocenters. The van der Waals surface area contributed by atoms with Crippen LogP contribution in [0.1, 0.15) is 17.5 Å². The molecule has 1 saturated heterocycles. The van der Waals surface area contributed by atoms with Gasteiger partial charge in [-0.25, -0.2) is 13.6 Å². The molecule has 0 aromatic heterocycles. The van der Waals surface area contributed by atoms with Crippen molar-refractivity contribution in [3.8, 4) is 0 Å². The van der Waals surface area contributed by atoms with Crippen molar-refractivity contribution in [2.45, 2.75) is 19.0 Å². The summed E-state index contributed by atoms with van der Waals surface area (Å²) in [5, 5.41) is 2.71. The van der Waals surface area contributed by atoms with Crippen molar-refractivity contribution >= 4 is 23.2 Å². The van der Waals surface area contributed by atoms with E-state index in [1.807, 2.05) is 0 Å². The van der Waals surface area contributed by atoms with E-state index < -0.39 is 0 Å². The number of amides is 3. The topological polar surface area (TPSA) is 52.7 Å². The van der Waals surface area contributed by atoms with Gasteiger partial charge in [0.05, 0.1) is 12.6 Å². The molecule has 1 fully saturated rings. The van der Waals surface area contributed by atoms with Gasteiger partial charge in [0.25, 0.3) is 0 Å². The highest BCUT2D eigenvalue weighted by molar-refractivity contribution is 5.95. The second-order valence-corrected chi connectivity index (χ2v) is 7.76. The highest BCUT2D eigenvalue weighted by atomic mass is 19.1. The van der Waals surface area contributed by atoms with Crippen LogP contribution in [-0.2, 0) is 11.3 Å². The number of rotatable bonds is 3. The molecule has 0 saturated carbocycles. The van der Waals surface area contributed by atoms with Crippen LogP contribution in [0.3, 0.4) is 0 Å². The van der Waals surface area contributed by atoms with Crippen molar-refractivity contribution in [1.29, 1.82) is 0 Å². The Morgan fingerprint density at radius 3 is 2.59 bits per heavy atom. The highest BCUT2D eigenvalue weighted by Crippen LogP contribution is 2.42. The third-order valence-electron chi connectivity index (χ3n) is 5.94. The number of carbonyl (C=O) groups excluding carboxylic acids is 2. The Bertz CT molecular complexity index is 1030. The number of benzene rings is 2. The molecule has 29 heavy (non-hydrogen) atoms. The first-order chi connectivity index (χ1) is 14.0. The summed E-state index contributed by atoms with van der Waals surface area (Å²) in [5.41, 5.74) is 3.37. The number of halogens is 2. The van der Waals surface area contributed by atoms with Gasteiger partial charge in [0, 0.05) is 18.2 Å². The van der Waals surface area contributed by atoms with Gasteiger partial charge in [-0.2, -0.15) is 0 Å². The van der Waals surface area contributed by atoms with Crippen molar-refractivity contribution in [3.63, 3.8) is 0 Å². The number of hydrogen-bond donors (Lipinski definition) is 1. The number of carbonyl (C=O) groups is 2. The molecule has 0 radical (unpaired) electrons. The lowest BCUT2D eigenvalue weighted by atomic mass is 9.95. The third-order valence-corrected chi connectivity index (χ3v) is 5.94. The van der Waals surface area contributed by atoms with Crippen LogP contribution in [0.25, 0.3) is 5.57 Å². The van der Waals surface area contributed by atoms with Gasteiger partial charge in [-0.15, -0.1) is 0 Å². The molecule has 2 bridgehead atoms. The van der Waals surface area contributed by atoms with Crippen LogP contribution in [0.2, 0.25) is 0 Å². The average Bonchev–Trinajstić information content (AvgIpc) is 3.30. The maximum absolute atomic E-state index is 13.5. The van der Waals surface area contributed by atoms with E-state index in [0.717, 1.165) is 17.6 Å². The second kappa shape index (κ2) is 6.69. The molecule has 1 N–H and O–H groups in total. The molecular formula is C22H19F2N3O2. The minimum atomic E-state index is -0.374. The molecule has 7 heteroatoms. The maximum atomic E-state index is 13.5. The molecule has 5 rings (SSSR count). The number of anilines is 1. The molecule has 148 valence electrons.